The molecule has 0 bridgehead atoms. The second kappa shape index (κ2) is 6.03. The van der Waals surface area contributed by atoms with Crippen LogP contribution in [0.25, 0.3) is 0 Å². The molecule has 0 aromatic heterocycles. The summed E-state index contributed by atoms with van der Waals surface area (Å²) in [4.78, 5) is 27.0. The first kappa shape index (κ1) is 14.0. The summed E-state index contributed by atoms with van der Waals surface area (Å²) in [6, 6.07) is 0.0835. The monoisotopic (exact) mass is 240 g/mol. The highest BCUT2D eigenvalue weighted by molar-refractivity contribution is 5.84. The Labute approximate surface area is 104 Å². The third-order valence-corrected chi connectivity index (χ3v) is 3.47. The first-order chi connectivity index (χ1) is 7.91. The zero-order valence-electron chi connectivity index (χ0n) is 11.4. The molecular formula is C13H24N2O2. The van der Waals surface area contributed by atoms with Gasteiger partial charge in [-0.2, -0.15) is 0 Å². The second-order valence-electron chi connectivity index (χ2n) is 5.30. The van der Waals surface area contributed by atoms with Crippen LogP contribution in [0.15, 0.2) is 0 Å². The zero-order chi connectivity index (χ0) is 13.0. The molecule has 98 valence electrons. The van der Waals surface area contributed by atoms with E-state index in [9.17, 15) is 9.59 Å². The van der Waals surface area contributed by atoms with Gasteiger partial charge >= 0.3 is 0 Å². The SMILES string of the molecule is CC(=O)N(CC(=O)N1CCC(C)CC1)C(C)C. The van der Waals surface area contributed by atoms with E-state index in [1.54, 1.807) is 4.90 Å². The van der Waals surface area contributed by atoms with Crippen molar-refractivity contribution >= 4 is 11.8 Å². The summed E-state index contributed by atoms with van der Waals surface area (Å²) in [5.41, 5.74) is 0. The van der Waals surface area contributed by atoms with Gasteiger partial charge in [0.05, 0.1) is 6.54 Å². The van der Waals surface area contributed by atoms with Crippen LogP contribution >= 0.6 is 0 Å². The first-order valence-electron chi connectivity index (χ1n) is 6.46. The summed E-state index contributed by atoms with van der Waals surface area (Å²) in [5.74, 6) is 0.771. The molecule has 0 aromatic rings. The van der Waals surface area contributed by atoms with Crippen LogP contribution in [-0.4, -0.2) is 47.3 Å². The highest BCUT2D eigenvalue weighted by Gasteiger charge is 2.23. The number of hydrogen-bond donors (Lipinski definition) is 0. The Bertz CT molecular complexity index is 281. The molecule has 0 spiro atoms. The Kier molecular flexibility index (Phi) is 4.97. The summed E-state index contributed by atoms with van der Waals surface area (Å²) in [5, 5.41) is 0. The molecule has 0 saturated carbocycles. The van der Waals surface area contributed by atoms with Gasteiger partial charge in [-0.1, -0.05) is 6.92 Å². The summed E-state index contributed by atoms with van der Waals surface area (Å²) in [6.45, 7) is 9.51. The lowest BCUT2D eigenvalue weighted by molar-refractivity contribution is -0.141. The Morgan fingerprint density at radius 1 is 1.29 bits per heavy atom. The summed E-state index contributed by atoms with van der Waals surface area (Å²) >= 11 is 0. The number of nitrogens with zero attached hydrogens (tertiary/aromatic N) is 2. The average molecular weight is 240 g/mol. The minimum absolute atomic E-state index is 0.0290. The normalized spacial score (nSPS) is 17.4. The largest absolute Gasteiger partial charge is 0.341 e. The quantitative estimate of drug-likeness (QED) is 0.750. The molecule has 0 aromatic carbocycles. The van der Waals surface area contributed by atoms with Crippen molar-refractivity contribution < 1.29 is 9.59 Å². The van der Waals surface area contributed by atoms with Gasteiger partial charge in [-0.25, -0.2) is 0 Å². The number of carbonyl (C=O) groups is 2. The fraction of sp³-hybridized carbons (Fsp3) is 0.846. The Balaban J connectivity index is 2.50. The van der Waals surface area contributed by atoms with Gasteiger partial charge in [-0.05, 0) is 32.6 Å². The van der Waals surface area contributed by atoms with Crippen LogP contribution in [0.1, 0.15) is 40.5 Å². The molecule has 0 unspecified atom stereocenters. The molecule has 4 nitrogen and oxygen atoms in total. The third kappa shape index (κ3) is 4.02. The zero-order valence-corrected chi connectivity index (χ0v) is 11.4. The van der Waals surface area contributed by atoms with Crippen LogP contribution in [0, 0.1) is 5.92 Å². The number of carbonyl (C=O) groups excluding carboxylic acids is 2. The maximum Gasteiger partial charge on any atom is 0.242 e. The lowest BCUT2D eigenvalue weighted by atomic mass is 9.99. The van der Waals surface area contributed by atoms with E-state index in [1.165, 1.54) is 6.92 Å². The summed E-state index contributed by atoms with van der Waals surface area (Å²) in [6.07, 6.45) is 2.15. The number of amides is 2. The molecular weight excluding hydrogens is 216 g/mol. The second-order valence-corrected chi connectivity index (χ2v) is 5.30. The van der Waals surface area contributed by atoms with Crippen LogP contribution in [0.4, 0.5) is 0 Å². The lowest BCUT2D eigenvalue weighted by Crippen LogP contribution is -2.47. The molecule has 0 N–H and O–H groups in total. The van der Waals surface area contributed by atoms with Gasteiger partial charge in [0.15, 0.2) is 0 Å². The van der Waals surface area contributed by atoms with Gasteiger partial charge in [0.25, 0.3) is 0 Å². The van der Waals surface area contributed by atoms with Crippen molar-refractivity contribution in [2.24, 2.45) is 5.92 Å². The van der Waals surface area contributed by atoms with E-state index in [1.807, 2.05) is 18.7 Å². The maximum atomic E-state index is 12.1. The fourth-order valence-electron chi connectivity index (χ4n) is 2.16. The minimum atomic E-state index is -0.0290. The maximum absolute atomic E-state index is 12.1. The van der Waals surface area contributed by atoms with Gasteiger partial charge in [0.1, 0.15) is 0 Å². The van der Waals surface area contributed by atoms with Crippen molar-refractivity contribution in [3.05, 3.63) is 0 Å². The molecule has 1 fully saturated rings. The molecule has 4 heteroatoms. The summed E-state index contributed by atoms with van der Waals surface area (Å²) in [7, 11) is 0. The van der Waals surface area contributed by atoms with E-state index in [4.69, 9.17) is 0 Å². The van der Waals surface area contributed by atoms with Crippen LogP contribution in [0.3, 0.4) is 0 Å². The van der Waals surface area contributed by atoms with E-state index in [-0.39, 0.29) is 24.4 Å². The van der Waals surface area contributed by atoms with Crippen molar-refractivity contribution in [1.82, 2.24) is 9.80 Å². The van der Waals surface area contributed by atoms with Crippen molar-refractivity contribution in [1.29, 1.82) is 0 Å². The number of hydrogen-bond acceptors (Lipinski definition) is 2. The summed E-state index contributed by atoms with van der Waals surface area (Å²) < 4.78 is 0. The minimum Gasteiger partial charge on any atom is -0.341 e. The highest BCUT2D eigenvalue weighted by Crippen LogP contribution is 2.16. The number of rotatable bonds is 3. The van der Waals surface area contributed by atoms with Crippen molar-refractivity contribution in [3.8, 4) is 0 Å². The molecule has 0 aliphatic carbocycles. The Hall–Kier alpha value is -1.06. The molecule has 1 aliphatic heterocycles. The molecule has 17 heavy (non-hydrogen) atoms. The first-order valence-corrected chi connectivity index (χ1v) is 6.46. The van der Waals surface area contributed by atoms with E-state index < -0.39 is 0 Å². The topological polar surface area (TPSA) is 40.6 Å². The van der Waals surface area contributed by atoms with Gasteiger partial charge in [-0.3, -0.25) is 9.59 Å². The van der Waals surface area contributed by atoms with E-state index >= 15 is 0 Å². The van der Waals surface area contributed by atoms with Crippen molar-refractivity contribution in [3.63, 3.8) is 0 Å². The highest BCUT2D eigenvalue weighted by atomic mass is 16.2. The number of likely N-dealkylation sites (tertiary alicyclic amines) is 1. The van der Waals surface area contributed by atoms with E-state index in [2.05, 4.69) is 6.92 Å². The fourth-order valence-corrected chi connectivity index (χ4v) is 2.16. The lowest BCUT2D eigenvalue weighted by Gasteiger charge is -2.33. The average Bonchev–Trinajstić information content (AvgIpc) is 2.25. The van der Waals surface area contributed by atoms with E-state index in [0.717, 1.165) is 25.9 Å². The molecule has 1 aliphatic rings. The van der Waals surface area contributed by atoms with Crippen molar-refractivity contribution in [2.75, 3.05) is 19.6 Å². The molecule has 1 rings (SSSR count). The molecule has 0 atom stereocenters. The van der Waals surface area contributed by atoms with Crippen LogP contribution < -0.4 is 0 Å². The molecule has 1 saturated heterocycles. The molecule has 0 radical (unpaired) electrons. The smallest absolute Gasteiger partial charge is 0.242 e. The standard InChI is InChI=1S/C13H24N2O2/c1-10(2)15(12(4)16)9-13(17)14-7-5-11(3)6-8-14/h10-11H,5-9H2,1-4H3. The molecule has 1 heterocycles. The van der Waals surface area contributed by atoms with E-state index in [0.29, 0.717) is 5.92 Å². The van der Waals surface area contributed by atoms with Crippen LogP contribution in [-0.2, 0) is 9.59 Å². The predicted octanol–water partition coefficient (Wildman–Crippen LogP) is 1.50. The van der Waals surface area contributed by atoms with Gasteiger partial charge in [0.2, 0.25) is 11.8 Å². The molecule has 2 amide bonds. The Morgan fingerprint density at radius 3 is 2.24 bits per heavy atom. The van der Waals surface area contributed by atoms with Crippen LogP contribution in [0.2, 0.25) is 0 Å². The van der Waals surface area contributed by atoms with Gasteiger partial charge in [-0.15, -0.1) is 0 Å². The van der Waals surface area contributed by atoms with Crippen LogP contribution in [0.5, 0.6) is 0 Å². The Morgan fingerprint density at radius 2 is 1.82 bits per heavy atom. The third-order valence-electron chi connectivity index (χ3n) is 3.47. The van der Waals surface area contributed by atoms with Gasteiger partial charge in [0, 0.05) is 26.1 Å². The van der Waals surface area contributed by atoms with Crippen molar-refractivity contribution in [2.45, 2.75) is 46.6 Å². The predicted molar refractivity (Wildman–Crippen MR) is 67.5 cm³/mol. The van der Waals surface area contributed by atoms with Gasteiger partial charge < -0.3 is 9.80 Å². The number of piperidine rings is 1.